The van der Waals surface area contributed by atoms with Gasteiger partial charge in [0.1, 0.15) is 22.5 Å². The van der Waals surface area contributed by atoms with E-state index in [1.54, 1.807) is 0 Å². The van der Waals surface area contributed by atoms with E-state index in [-0.39, 0.29) is 0 Å². The molecule has 3 heterocycles. The van der Waals surface area contributed by atoms with Gasteiger partial charge in [-0.15, -0.1) is 0 Å². The summed E-state index contributed by atoms with van der Waals surface area (Å²) in [6.07, 6.45) is 0. The van der Waals surface area contributed by atoms with Gasteiger partial charge in [-0.1, -0.05) is 109 Å². The Labute approximate surface area is 344 Å². The van der Waals surface area contributed by atoms with Crippen LogP contribution in [0.5, 0.6) is 11.5 Å². The molecule has 5 heteroatoms. The molecule has 0 saturated heterocycles. The average molecular weight is 767 g/mol. The molecule has 2 aromatic heterocycles. The Hall–Kier alpha value is -8.20. The molecule has 1 aliphatic carbocycles. The summed E-state index contributed by atoms with van der Waals surface area (Å²) in [7, 11) is 0. The molecule has 0 unspecified atom stereocenters. The number of oxazole rings is 2. The van der Waals surface area contributed by atoms with Gasteiger partial charge < -0.3 is 13.6 Å². The molecular formula is C55H30N2O3. The summed E-state index contributed by atoms with van der Waals surface area (Å²) in [5, 5.41) is 2.41. The number of hydrogen-bond acceptors (Lipinski definition) is 5. The maximum atomic E-state index is 6.60. The molecule has 13 rings (SSSR count). The summed E-state index contributed by atoms with van der Waals surface area (Å²) < 4.78 is 19.2. The van der Waals surface area contributed by atoms with Crippen molar-refractivity contribution in [1.29, 1.82) is 0 Å². The topological polar surface area (TPSA) is 61.3 Å². The van der Waals surface area contributed by atoms with Crippen LogP contribution in [0.25, 0.3) is 89.3 Å². The SMILES string of the molecule is c1cc(-c2cc(-c3nc4ccccc4o3)cc(-c3nc4ccccc4o3)c2)cc(-c2ccc3c(c2)-c2cc4ccccc4cc2C32c3ccccc3Oc3ccccc32)c#1. The van der Waals surface area contributed by atoms with Crippen molar-refractivity contribution in [3.63, 3.8) is 0 Å². The predicted octanol–water partition coefficient (Wildman–Crippen LogP) is 13.9. The molecule has 1 aliphatic heterocycles. The lowest BCUT2D eigenvalue weighted by atomic mass is 9.66. The second-order valence-corrected chi connectivity index (χ2v) is 15.5. The summed E-state index contributed by atoms with van der Waals surface area (Å²) >= 11 is 0. The molecule has 0 atom stereocenters. The second kappa shape index (κ2) is 12.4. The van der Waals surface area contributed by atoms with Crippen LogP contribution in [0.2, 0.25) is 0 Å². The molecule has 0 saturated carbocycles. The van der Waals surface area contributed by atoms with Gasteiger partial charge in [0, 0.05) is 27.8 Å². The number of nitrogens with zero attached hydrogens (tertiary/aromatic N) is 2. The lowest BCUT2D eigenvalue weighted by Gasteiger charge is -2.39. The molecule has 0 fully saturated rings. The first-order valence-electron chi connectivity index (χ1n) is 20.0. The fourth-order valence-corrected chi connectivity index (χ4v) is 9.53. The van der Waals surface area contributed by atoms with E-state index in [4.69, 9.17) is 23.5 Å². The maximum Gasteiger partial charge on any atom is 0.227 e. The first-order valence-corrected chi connectivity index (χ1v) is 20.0. The van der Waals surface area contributed by atoms with E-state index in [1.807, 2.05) is 60.7 Å². The zero-order valence-corrected chi connectivity index (χ0v) is 31.9. The molecule has 2 aliphatic rings. The number of para-hydroxylation sites is 6. The van der Waals surface area contributed by atoms with Crippen molar-refractivity contribution in [2.24, 2.45) is 0 Å². The average Bonchev–Trinajstić information content (AvgIpc) is 4.02. The minimum Gasteiger partial charge on any atom is -0.457 e. The highest BCUT2D eigenvalue weighted by Gasteiger charge is 2.51. The molecule has 5 nitrogen and oxygen atoms in total. The van der Waals surface area contributed by atoms with Crippen molar-refractivity contribution in [3.8, 4) is 67.8 Å². The largest absolute Gasteiger partial charge is 0.457 e. The summed E-state index contributed by atoms with van der Waals surface area (Å²) in [5.41, 5.74) is 15.2. The van der Waals surface area contributed by atoms with Crippen LogP contribution < -0.4 is 4.74 Å². The van der Waals surface area contributed by atoms with Gasteiger partial charge in [-0.3, -0.25) is 0 Å². The molecular weight excluding hydrogens is 737 g/mol. The first kappa shape index (κ1) is 32.8. The standard InChI is InChI=1S/C55H30N2O3/c1-2-13-36-32-46-42(30-35(36)12-1)41-31-37(24-25-43(41)55(46)44-16-3-7-20-49(44)58-50-21-8-4-17-45(50)55)33-14-11-15-34(26-33)38-27-39(53-56-47-18-5-9-22-51(47)59-53)29-40(28-38)54-57-48-19-6-10-23-52(48)60-54/h1-10,12-13,15-32H. The van der Waals surface area contributed by atoms with Gasteiger partial charge in [0.2, 0.25) is 11.8 Å². The molecule has 0 radical (unpaired) electrons. The van der Waals surface area contributed by atoms with Crippen molar-refractivity contribution in [3.05, 3.63) is 216 Å². The van der Waals surface area contributed by atoms with E-state index < -0.39 is 5.41 Å². The highest BCUT2D eigenvalue weighted by atomic mass is 16.5. The van der Waals surface area contributed by atoms with Crippen LogP contribution >= 0.6 is 0 Å². The smallest absolute Gasteiger partial charge is 0.227 e. The molecule has 1 spiro atoms. The molecule has 11 aromatic rings. The van der Waals surface area contributed by atoms with Crippen molar-refractivity contribution >= 4 is 33.0 Å². The Morgan fingerprint density at radius 1 is 0.417 bits per heavy atom. The van der Waals surface area contributed by atoms with E-state index in [0.717, 1.165) is 78.2 Å². The van der Waals surface area contributed by atoms with Gasteiger partial charge in [-0.05, 0) is 135 Å². The van der Waals surface area contributed by atoms with Crippen LogP contribution in [-0.2, 0) is 5.41 Å². The first-order chi connectivity index (χ1) is 29.7. The van der Waals surface area contributed by atoms with Gasteiger partial charge in [0.05, 0.1) is 5.41 Å². The summed E-state index contributed by atoms with van der Waals surface area (Å²) in [6, 6.07) is 70.1. The van der Waals surface area contributed by atoms with E-state index in [2.05, 4.69) is 133 Å². The van der Waals surface area contributed by atoms with Crippen LogP contribution in [0.15, 0.2) is 191 Å². The zero-order valence-electron chi connectivity index (χ0n) is 31.9. The minimum absolute atomic E-state index is 0.525. The fourth-order valence-electron chi connectivity index (χ4n) is 9.53. The lowest BCUT2D eigenvalue weighted by molar-refractivity contribution is 0.436. The van der Waals surface area contributed by atoms with Crippen molar-refractivity contribution in [2.45, 2.75) is 5.41 Å². The number of ether oxygens (including phenoxy) is 1. The summed E-state index contributed by atoms with van der Waals surface area (Å²) in [5.74, 6) is 2.80. The Morgan fingerprint density at radius 2 is 0.983 bits per heavy atom. The van der Waals surface area contributed by atoms with Gasteiger partial charge in [-0.25, -0.2) is 9.97 Å². The molecule has 0 N–H and O–H groups in total. The second-order valence-electron chi connectivity index (χ2n) is 15.5. The number of aromatic nitrogens is 2. The predicted molar refractivity (Wildman–Crippen MR) is 236 cm³/mol. The third kappa shape index (κ3) is 4.76. The van der Waals surface area contributed by atoms with Crippen molar-refractivity contribution < 1.29 is 13.6 Å². The van der Waals surface area contributed by atoms with E-state index in [9.17, 15) is 0 Å². The zero-order chi connectivity index (χ0) is 39.4. The fraction of sp³-hybridized carbons (Fsp3) is 0.0182. The molecule has 0 bridgehead atoms. The number of hydrogen-bond donors (Lipinski definition) is 0. The summed E-state index contributed by atoms with van der Waals surface area (Å²) in [6.45, 7) is 0. The van der Waals surface area contributed by atoms with Crippen molar-refractivity contribution in [1.82, 2.24) is 9.97 Å². The Morgan fingerprint density at radius 3 is 1.65 bits per heavy atom. The number of rotatable bonds is 4. The van der Waals surface area contributed by atoms with Crippen LogP contribution in [0, 0.1) is 12.1 Å². The van der Waals surface area contributed by atoms with E-state index in [0.29, 0.717) is 11.8 Å². The monoisotopic (exact) mass is 766 g/mol. The third-order valence-corrected chi connectivity index (χ3v) is 12.2. The van der Waals surface area contributed by atoms with Crippen molar-refractivity contribution in [2.75, 3.05) is 0 Å². The number of fused-ring (bicyclic) bond motifs is 12. The summed E-state index contributed by atoms with van der Waals surface area (Å²) in [4.78, 5) is 9.71. The Bertz CT molecular complexity index is 3350. The third-order valence-electron chi connectivity index (χ3n) is 12.2. The van der Waals surface area contributed by atoms with Crippen LogP contribution in [0.3, 0.4) is 0 Å². The minimum atomic E-state index is -0.567. The number of benzene rings is 8. The molecule has 0 amide bonds. The Balaban J connectivity index is 0.994. The van der Waals surface area contributed by atoms with Crippen LogP contribution in [-0.4, -0.2) is 9.97 Å². The van der Waals surface area contributed by atoms with Crippen LogP contribution in [0.4, 0.5) is 0 Å². The normalized spacial score (nSPS) is 13.1. The van der Waals surface area contributed by atoms with Gasteiger partial charge in [0.15, 0.2) is 11.2 Å². The van der Waals surface area contributed by atoms with Gasteiger partial charge >= 0.3 is 0 Å². The van der Waals surface area contributed by atoms with E-state index in [1.165, 1.54) is 33.0 Å². The lowest BCUT2D eigenvalue weighted by Crippen LogP contribution is -2.32. The highest BCUT2D eigenvalue weighted by molar-refractivity contribution is 5.98. The Kier molecular flexibility index (Phi) is 6.79. The maximum absolute atomic E-state index is 6.60. The van der Waals surface area contributed by atoms with Crippen LogP contribution in [0.1, 0.15) is 22.3 Å². The highest BCUT2D eigenvalue weighted by Crippen LogP contribution is 2.62. The quantitative estimate of drug-likeness (QED) is 0.178. The van der Waals surface area contributed by atoms with Gasteiger partial charge in [0.25, 0.3) is 0 Å². The molecule has 278 valence electrons. The van der Waals surface area contributed by atoms with E-state index >= 15 is 0 Å². The van der Waals surface area contributed by atoms with Gasteiger partial charge in [-0.2, -0.15) is 0 Å². The molecule has 9 aromatic carbocycles. The molecule has 60 heavy (non-hydrogen) atoms.